The van der Waals surface area contributed by atoms with Gasteiger partial charge in [-0.05, 0) is 12.1 Å². The molecule has 66 valence electrons. The van der Waals surface area contributed by atoms with Crippen molar-refractivity contribution in [3.63, 3.8) is 0 Å². The average molecular weight is 225 g/mol. The summed E-state index contributed by atoms with van der Waals surface area (Å²) in [4.78, 5) is 0. The molecule has 0 bridgehead atoms. The van der Waals surface area contributed by atoms with Crippen molar-refractivity contribution in [3.8, 4) is 5.75 Å². The van der Waals surface area contributed by atoms with Crippen LogP contribution in [0.15, 0.2) is 24.3 Å². The molecular weight excluding hydrogens is 217 g/mol. The Hall–Kier alpha value is 0.406. The van der Waals surface area contributed by atoms with Gasteiger partial charge in [-0.3, -0.25) is 4.72 Å². The van der Waals surface area contributed by atoms with Crippen molar-refractivity contribution in [1.29, 1.82) is 0 Å². The maximum atomic E-state index is 10.7. The van der Waals surface area contributed by atoms with Crippen LogP contribution < -0.4 is 61.2 Å². The molecule has 1 N–H and O–H groups in total. The summed E-state index contributed by atoms with van der Waals surface area (Å²) in [6.07, 6.45) is 1.05. The Morgan fingerprint density at radius 2 is 1.69 bits per heavy atom. The van der Waals surface area contributed by atoms with Gasteiger partial charge in [0.15, 0.2) is 0 Å². The second-order valence-electron chi connectivity index (χ2n) is 2.40. The second kappa shape index (κ2) is 5.33. The van der Waals surface area contributed by atoms with Gasteiger partial charge in [-0.15, -0.1) is 5.75 Å². The van der Waals surface area contributed by atoms with Gasteiger partial charge in [0.1, 0.15) is 0 Å². The SMILES string of the molecule is CS(=O)(=O)Nc1ccc([O-])cc1.[K+]. The van der Waals surface area contributed by atoms with Gasteiger partial charge in [-0.1, -0.05) is 12.1 Å². The van der Waals surface area contributed by atoms with Gasteiger partial charge in [-0.2, -0.15) is 0 Å². The molecule has 6 heteroatoms. The Bertz CT molecular complexity index is 360. The molecule has 0 saturated heterocycles. The van der Waals surface area contributed by atoms with Gasteiger partial charge >= 0.3 is 51.4 Å². The van der Waals surface area contributed by atoms with E-state index in [4.69, 9.17) is 0 Å². The van der Waals surface area contributed by atoms with Gasteiger partial charge < -0.3 is 5.11 Å². The summed E-state index contributed by atoms with van der Waals surface area (Å²) < 4.78 is 23.6. The van der Waals surface area contributed by atoms with Crippen LogP contribution in [0.3, 0.4) is 0 Å². The predicted molar refractivity (Wildman–Crippen MR) is 44.4 cm³/mol. The number of hydrogen-bond donors (Lipinski definition) is 1. The smallest absolute Gasteiger partial charge is 0.872 e. The summed E-state index contributed by atoms with van der Waals surface area (Å²) in [5.41, 5.74) is 0.400. The van der Waals surface area contributed by atoms with E-state index in [1.54, 1.807) is 0 Å². The van der Waals surface area contributed by atoms with E-state index >= 15 is 0 Å². The van der Waals surface area contributed by atoms with E-state index in [-0.39, 0.29) is 57.1 Å². The first kappa shape index (κ1) is 13.4. The molecule has 1 aromatic rings. The van der Waals surface area contributed by atoms with E-state index in [2.05, 4.69) is 4.72 Å². The molecule has 0 aliphatic rings. The van der Waals surface area contributed by atoms with Gasteiger partial charge in [-0.25, -0.2) is 8.42 Å². The van der Waals surface area contributed by atoms with Crippen LogP contribution in [0.2, 0.25) is 0 Å². The normalized spacial score (nSPS) is 10.2. The summed E-state index contributed by atoms with van der Waals surface area (Å²) in [7, 11) is -3.24. The van der Waals surface area contributed by atoms with E-state index < -0.39 is 10.0 Å². The summed E-state index contributed by atoms with van der Waals surface area (Å²) >= 11 is 0. The van der Waals surface area contributed by atoms with Crippen molar-refractivity contribution in [2.45, 2.75) is 0 Å². The number of rotatable bonds is 2. The molecule has 0 aliphatic carbocycles. The minimum absolute atomic E-state index is 0. The second-order valence-corrected chi connectivity index (χ2v) is 4.15. The molecule has 0 amide bonds. The fourth-order valence-electron chi connectivity index (χ4n) is 0.737. The molecule has 0 fully saturated rings. The molecule has 0 saturated carbocycles. The zero-order valence-electron chi connectivity index (χ0n) is 7.44. The Morgan fingerprint density at radius 1 is 1.23 bits per heavy atom. The van der Waals surface area contributed by atoms with Crippen molar-refractivity contribution in [2.75, 3.05) is 11.0 Å². The third-order valence-corrected chi connectivity index (χ3v) is 1.76. The predicted octanol–water partition coefficient (Wildman–Crippen LogP) is -2.86. The first-order chi connectivity index (χ1) is 5.47. The molecule has 4 nitrogen and oxygen atoms in total. The zero-order chi connectivity index (χ0) is 9.19. The van der Waals surface area contributed by atoms with E-state index in [0.29, 0.717) is 5.69 Å². The Morgan fingerprint density at radius 3 is 2.08 bits per heavy atom. The third-order valence-electron chi connectivity index (χ3n) is 1.16. The third kappa shape index (κ3) is 5.66. The Kier molecular flexibility index (Phi) is 5.49. The van der Waals surface area contributed by atoms with E-state index in [9.17, 15) is 13.5 Å². The fraction of sp³-hybridized carbons (Fsp3) is 0.143. The van der Waals surface area contributed by atoms with Crippen molar-refractivity contribution in [2.24, 2.45) is 0 Å². The fourth-order valence-corrected chi connectivity index (χ4v) is 1.30. The first-order valence-corrected chi connectivity index (χ1v) is 5.11. The summed E-state index contributed by atoms with van der Waals surface area (Å²) in [5, 5.41) is 10.6. The van der Waals surface area contributed by atoms with Crippen molar-refractivity contribution in [1.82, 2.24) is 0 Å². The Balaban J connectivity index is 0.00000144. The van der Waals surface area contributed by atoms with Crippen LogP contribution in [0.1, 0.15) is 0 Å². The van der Waals surface area contributed by atoms with Crippen LogP contribution in [-0.2, 0) is 10.0 Å². The maximum Gasteiger partial charge on any atom is 1.00 e. The van der Waals surface area contributed by atoms with Crippen LogP contribution in [0.25, 0.3) is 0 Å². The van der Waals surface area contributed by atoms with E-state index in [1.807, 2.05) is 0 Å². The summed E-state index contributed by atoms with van der Waals surface area (Å²) in [6, 6.07) is 5.44. The molecule has 0 radical (unpaired) electrons. The van der Waals surface area contributed by atoms with E-state index in [0.717, 1.165) is 6.26 Å². The molecule has 1 aromatic carbocycles. The first-order valence-electron chi connectivity index (χ1n) is 3.22. The molecule has 0 aromatic heterocycles. The molecule has 0 spiro atoms. The number of hydrogen-bond acceptors (Lipinski definition) is 3. The molecule has 0 heterocycles. The topological polar surface area (TPSA) is 69.2 Å². The molecule has 13 heavy (non-hydrogen) atoms. The van der Waals surface area contributed by atoms with Crippen molar-refractivity contribution in [3.05, 3.63) is 24.3 Å². The molecule has 0 unspecified atom stereocenters. The minimum atomic E-state index is -3.24. The summed E-state index contributed by atoms with van der Waals surface area (Å²) in [5.74, 6) is -0.144. The summed E-state index contributed by atoms with van der Waals surface area (Å²) in [6.45, 7) is 0. The zero-order valence-corrected chi connectivity index (χ0v) is 11.4. The number of sulfonamides is 1. The van der Waals surface area contributed by atoms with Crippen LogP contribution in [0, 0.1) is 0 Å². The molecule has 0 atom stereocenters. The van der Waals surface area contributed by atoms with Crippen LogP contribution in [0.5, 0.6) is 5.75 Å². The maximum absolute atomic E-state index is 10.7. The van der Waals surface area contributed by atoms with Crippen molar-refractivity contribution < 1.29 is 64.9 Å². The largest absolute Gasteiger partial charge is 1.00 e. The van der Waals surface area contributed by atoms with Crippen LogP contribution in [-0.4, -0.2) is 14.7 Å². The van der Waals surface area contributed by atoms with Gasteiger partial charge in [0, 0.05) is 5.69 Å². The molecule has 0 aliphatic heterocycles. The van der Waals surface area contributed by atoms with Gasteiger partial charge in [0.05, 0.1) is 6.26 Å². The van der Waals surface area contributed by atoms with Crippen molar-refractivity contribution >= 4 is 15.7 Å². The minimum Gasteiger partial charge on any atom is -0.872 e. The van der Waals surface area contributed by atoms with Gasteiger partial charge in [0.2, 0.25) is 10.0 Å². The monoisotopic (exact) mass is 225 g/mol. The van der Waals surface area contributed by atoms with Crippen LogP contribution in [0.4, 0.5) is 5.69 Å². The molecular formula is C7H8KNO3S. The van der Waals surface area contributed by atoms with Crippen LogP contribution >= 0.6 is 0 Å². The number of benzene rings is 1. The molecule has 1 rings (SSSR count). The number of anilines is 1. The standard InChI is InChI=1S/C7H9NO3S.K/c1-12(10,11)8-6-2-4-7(9)5-3-6;/h2-5,8-9H,1H3;/q;+1/p-1. The van der Waals surface area contributed by atoms with Gasteiger partial charge in [0.25, 0.3) is 0 Å². The van der Waals surface area contributed by atoms with E-state index in [1.165, 1.54) is 24.3 Å². The quantitative estimate of drug-likeness (QED) is 0.550. The average Bonchev–Trinajstić information content (AvgIpc) is 1.91. The number of nitrogens with one attached hydrogen (secondary N) is 1. The Labute approximate surface area is 120 Å².